The van der Waals surface area contributed by atoms with Crippen LogP contribution in [-0.4, -0.2) is 24.2 Å². The van der Waals surface area contributed by atoms with Crippen LogP contribution in [0.3, 0.4) is 0 Å². The lowest BCUT2D eigenvalue weighted by Crippen LogP contribution is -2.93. The van der Waals surface area contributed by atoms with Gasteiger partial charge < -0.3 is 11.1 Å². The molecule has 4 N–H and O–H groups in total. The van der Waals surface area contributed by atoms with Crippen molar-refractivity contribution in [3.8, 4) is 0 Å². The van der Waals surface area contributed by atoms with Crippen LogP contribution in [0.1, 0.15) is 0 Å². The van der Waals surface area contributed by atoms with Gasteiger partial charge in [0.25, 0.3) is 5.91 Å². The number of rotatable bonds is 0. The standard InChI is InChI=1S/C4H7N3O/c5-4-2(1-6-4)7-3(4)8/h2,6H,1,5H2,(H,7,8). The van der Waals surface area contributed by atoms with Gasteiger partial charge in [-0.3, -0.25) is 10.1 Å². The van der Waals surface area contributed by atoms with Gasteiger partial charge >= 0.3 is 0 Å². The highest BCUT2D eigenvalue weighted by Gasteiger charge is 2.58. The molecule has 0 aromatic rings. The maximum absolute atomic E-state index is 10.5. The maximum atomic E-state index is 10.5. The summed E-state index contributed by atoms with van der Waals surface area (Å²) < 4.78 is 0. The Labute approximate surface area is 46.4 Å². The molecule has 2 atom stereocenters. The van der Waals surface area contributed by atoms with Crippen molar-refractivity contribution in [3.05, 3.63) is 0 Å². The van der Waals surface area contributed by atoms with Crippen molar-refractivity contribution >= 4 is 5.91 Å². The van der Waals surface area contributed by atoms with Gasteiger partial charge in [0.2, 0.25) is 0 Å². The van der Waals surface area contributed by atoms with E-state index >= 15 is 0 Å². The molecule has 2 unspecified atom stereocenters. The number of piperazine rings is 1. The second kappa shape index (κ2) is 0.897. The van der Waals surface area contributed by atoms with E-state index in [1.54, 1.807) is 0 Å². The number of amides is 1. The van der Waals surface area contributed by atoms with Crippen molar-refractivity contribution in [3.63, 3.8) is 0 Å². The van der Waals surface area contributed by atoms with Gasteiger partial charge in [-0.2, -0.15) is 0 Å². The first kappa shape index (κ1) is 4.29. The highest BCUT2D eigenvalue weighted by molar-refractivity contribution is 5.95. The molecule has 4 heteroatoms. The molecule has 0 bridgehead atoms. The van der Waals surface area contributed by atoms with Gasteiger partial charge in [-0.05, 0) is 0 Å². The fourth-order valence-corrected chi connectivity index (χ4v) is 1.03. The second-order valence-corrected chi connectivity index (χ2v) is 2.28. The fraction of sp³-hybridized carbons (Fsp3) is 0.750. The normalized spacial score (nSPS) is 50.6. The average Bonchev–Trinajstić information content (AvgIpc) is 1.79. The number of nitrogens with two attached hydrogens (primary N) is 1. The van der Waals surface area contributed by atoms with E-state index in [0.29, 0.717) is 0 Å². The molecule has 2 rings (SSSR count). The van der Waals surface area contributed by atoms with Crippen molar-refractivity contribution in [2.75, 3.05) is 6.54 Å². The van der Waals surface area contributed by atoms with E-state index in [9.17, 15) is 4.79 Å². The van der Waals surface area contributed by atoms with E-state index in [2.05, 4.69) is 10.6 Å². The molecule has 0 saturated carbocycles. The van der Waals surface area contributed by atoms with Gasteiger partial charge in [-0.15, -0.1) is 0 Å². The second-order valence-electron chi connectivity index (χ2n) is 2.28. The minimum atomic E-state index is -0.681. The van der Waals surface area contributed by atoms with Gasteiger partial charge in [-0.1, -0.05) is 0 Å². The summed E-state index contributed by atoms with van der Waals surface area (Å²) in [5.41, 5.74) is 4.79. The SMILES string of the molecule is NC12NCC1NC2=O. The molecule has 2 heterocycles. The molecule has 2 fully saturated rings. The predicted molar refractivity (Wildman–Crippen MR) is 26.9 cm³/mol. The fourth-order valence-electron chi connectivity index (χ4n) is 1.03. The molecular weight excluding hydrogens is 106 g/mol. The van der Waals surface area contributed by atoms with Crippen molar-refractivity contribution in [1.29, 1.82) is 0 Å². The summed E-state index contributed by atoms with van der Waals surface area (Å²) >= 11 is 0. The van der Waals surface area contributed by atoms with Crippen molar-refractivity contribution in [1.82, 2.24) is 10.6 Å². The molecule has 1 amide bonds. The molecule has 44 valence electrons. The summed E-state index contributed by atoms with van der Waals surface area (Å²) in [6.45, 7) is 0.822. The minimum Gasteiger partial charge on any atom is -0.345 e. The lowest BCUT2D eigenvalue weighted by atomic mass is 9.84. The quantitative estimate of drug-likeness (QED) is 0.311. The van der Waals surface area contributed by atoms with Gasteiger partial charge in [0.1, 0.15) is 0 Å². The Kier molecular flexibility index (Phi) is 0.480. The largest absolute Gasteiger partial charge is 0.345 e. The molecule has 0 aliphatic carbocycles. The highest BCUT2D eigenvalue weighted by atomic mass is 16.2. The van der Waals surface area contributed by atoms with E-state index in [1.807, 2.05) is 0 Å². The molecule has 0 radical (unpaired) electrons. The van der Waals surface area contributed by atoms with Gasteiger partial charge in [-0.25, -0.2) is 0 Å². The van der Waals surface area contributed by atoms with Crippen LogP contribution >= 0.6 is 0 Å². The van der Waals surface area contributed by atoms with Crippen LogP contribution in [0.25, 0.3) is 0 Å². The smallest absolute Gasteiger partial charge is 0.257 e. The zero-order valence-electron chi connectivity index (χ0n) is 4.27. The number of β-lactam (4-membered cyclic amide) rings is 1. The summed E-state index contributed by atoms with van der Waals surface area (Å²) in [5.74, 6) is -0.0752. The number of carbonyl (C=O) groups is 1. The minimum absolute atomic E-state index is 0.0752. The van der Waals surface area contributed by atoms with Crippen LogP contribution in [0.4, 0.5) is 0 Å². The molecule has 0 aromatic heterocycles. The number of nitrogens with one attached hydrogen (secondary N) is 2. The first-order chi connectivity index (χ1) is 3.73. The molecule has 4 nitrogen and oxygen atoms in total. The number of hydrogen-bond donors (Lipinski definition) is 3. The Morgan fingerprint density at radius 2 is 2.62 bits per heavy atom. The Bertz CT molecular complexity index is 157. The predicted octanol–water partition coefficient (Wildman–Crippen LogP) is -2.26. The third kappa shape index (κ3) is 0.227. The first-order valence-corrected chi connectivity index (χ1v) is 2.58. The van der Waals surface area contributed by atoms with Crippen molar-refractivity contribution < 1.29 is 4.79 Å². The Morgan fingerprint density at radius 1 is 1.88 bits per heavy atom. The number of hydrogen-bond acceptors (Lipinski definition) is 3. The molecule has 2 saturated heterocycles. The van der Waals surface area contributed by atoms with Crippen LogP contribution in [0.15, 0.2) is 0 Å². The van der Waals surface area contributed by atoms with E-state index in [1.165, 1.54) is 0 Å². The summed E-state index contributed by atoms with van der Waals surface area (Å²) in [7, 11) is 0. The van der Waals surface area contributed by atoms with Crippen LogP contribution in [0.2, 0.25) is 0 Å². The number of carbonyl (C=O) groups excluding carboxylic acids is 1. The van der Waals surface area contributed by atoms with Crippen LogP contribution in [0.5, 0.6) is 0 Å². The third-order valence-corrected chi connectivity index (χ3v) is 1.83. The van der Waals surface area contributed by atoms with Gasteiger partial charge in [0, 0.05) is 6.54 Å². The van der Waals surface area contributed by atoms with E-state index in [-0.39, 0.29) is 11.9 Å². The maximum Gasteiger partial charge on any atom is 0.257 e. The Balaban J connectivity index is 2.23. The molecular formula is C4H7N3O. The van der Waals surface area contributed by atoms with E-state index in [0.717, 1.165) is 6.54 Å². The zero-order chi connectivity index (χ0) is 5.78. The summed E-state index contributed by atoms with van der Waals surface area (Å²) in [5, 5.41) is 5.49. The topological polar surface area (TPSA) is 67.2 Å². The molecule has 2 aliphatic rings. The summed E-state index contributed by atoms with van der Waals surface area (Å²) in [6, 6.07) is 0.204. The molecule has 0 aromatic carbocycles. The van der Waals surface area contributed by atoms with Crippen molar-refractivity contribution in [2.24, 2.45) is 5.73 Å². The van der Waals surface area contributed by atoms with Gasteiger partial charge in [0.05, 0.1) is 6.04 Å². The lowest BCUT2D eigenvalue weighted by molar-refractivity contribution is -0.146. The molecule has 8 heavy (non-hydrogen) atoms. The van der Waals surface area contributed by atoms with Crippen LogP contribution in [0, 0.1) is 0 Å². The monoisotopic (exact) mass is 113 g/mol. The zero-order valence-corrected chi connectivity index (χ0v) is 4.27. The molecule has 0 spiro atoms. The van der Waals surface area contributed by atoms with Crippen LogP contribution < -0.4 is 16.4 Å². The highest BCUT2D eigenvalue weighted by Crippen LogP contribution is 2.21. The average molecular weight is 113 g/mol. The van der Waals surface area contributed by atoms with Crippen molar-refractivity contribution in [2.45, 2.75) is 11.7 Å². The Hall–Kier alpha value is -0.610. The Morgan fingerprint density at radius 3 is 2.62 bits per heavy atom. The number of fused-ring (bicyclic) bond motifs is 1. The van der Waals surface area contributed by atoms with Gasteiger partial charge in [0.15, 0.2) is 5.66 Å². The summed E-state index contributed by atoms with van der Waals surface area (Å²) in [6.07, 6.45) is 0. The van der Waals surface area contributed by atoms with E-state index < -0.39 is 5.66 Å². The third-order valence-electron chi connectivity index (χ3n) is 1.83. The van der Waals surface area contributed by atoms with E-state index in [4.69, 9.17) is 5.73 Å². The van der Waals surface area contributed by atoms with Crippen LogP contribution in [-0.2, 0) is 4.79 Å². The molecule has 2 aliphatic heterocycles. The lowest BCUT2D eigenvalue weighted by Gasteiger charge is -2.54. The summed E-state index contributed by atoms with van der Waals surface area (Å²) in [4.78, 5) is 10.5. The first-order valence-electron chi connectivity index (χ1n) is 2.58.